The van der Waals surface area contributed by atoms with E-state index in [4.69, 9.17) is 4.74 Å². The number of nitrogens with one attached hydrogen (secondary N) is 1. The van der Waals surface area contributed by atoms with Crippen LogP contribution in [0.4, 0.5) is 0 Å². The summed E-state index contributed by atoms with van der Waals surface area (Å²) in [7, 11) is 0. The van der Waals surface area contributed by atoms with Crippen molar-refractivity contribution in [3.63, 3.8) is 0 Å². The van der Waals surface area contributed by atoms with Crippen LogP contribution in [0.3, 0.4) is 0 Å². The van der Waals surface area contributed by atoms with Crippen LogP contribution in [0.15, 0.2) is 11.6 Å². The average Bonchev–Trinajstić information content (AvgIpc) is 3.34. The lowest BCUT2D eigenvalue weighted by atomic mass is 9.33. The number of rotatable bonds is 0. The summed E-state index contributed by atoms with van der Waals surface area (Å²) in [6, 6.07) is 0. The van der Waals surface area contributed by atoms with Crippen molar-refractivity contribution < 1.29 is 9.84 Å². The highest BCUT2D eigenvalue weighted by Gasteiger charge is 2.85. The third-order valence-corrected chi connectivity index (χ3v) is 13.4. The smallest absolute Gasteiger partial charge is 0.129 e. The fraction of sp³-hybridized carbons (Fsp3) is 0.929. The van der Waals surface area contributed by atoms with E-state index in [-0.39, 0.29) is 17.4 Å². The van der Waals surface area contributed by atoms with Gasteiger partial charge in [-0.25, -0.2) is 10.4 Å². The molecule has 6 aliphatic carbocycles. The maximum atomic E-state index is 10.4. The second kappa shape index (κ2) is 5.53. The van der Waals surface area contributed by atoms with Crippen molar-refractivity contribution in [1.29, 1.82) is 0 Å². The van der Waals surface area contributed by atoms with Crippen LogP contribution in [0.1, 0.15) is 85.5 Å². The van der Waals surface area contributed by atoms with Crippen molar-refractivity contribution in [3.05, 3.63) is 11.6 Å². The van der Waals surface area contributed by atoms with Gasteiger partial charge in [0.05, 0.1) is 17.8 Å². The predicted molar refractivity (Wildman–Crippen MR) is 123 cm³/mol. The van der Waals surface area contributed by atoms with E-state index in [1.165, 1.54) is 51.5 Å². The number of piperidine rings is 1. The highest BCUT2D eigenvalue weighted by molar-refractivity contribution is 5.36. The van der Waals surface area contributed by atoms with Crippen LogP contribution in [-0.2, 0) is 4.74 Å². The molecule has 3 saturated heterocycles. The third kappa shape index (κ3) is 1.84. The normalized spacial score (nSPS) is 68.1. The molecular weight excluding hydrogens is 396 g/mol. The summed E-state index contributed by atoms with van der Waals surface area (Å²) >= 11 is 0. The molecule has 4 unspecified atom stereocenters. The number of hydrogen-bond acceptors (Lipinski definition) is 4. The van der Waals surface area contributed by atoms with Gasteiger partial charge in [0.2, 0.25) is 0 Å². The van der Waals surface area contributed by atoms with Gasteiger partial charge in [-0.15, -0.1) is 0 Å². The Labute approximate surface area is 193 Å². The first-order valence-corrected chi connectivity index (χ1v) is 13.8. The summed E-state index contributed by atoms with van der Waals surface area (Å²) in [5.41, 5.74) is 6.88. The van der Waals surface area contributed by atoms with Crippen LogP contribution in [0.5, 0.6) is 0 Å². The molecule has 8 fully saturated rings. The Hall–Kier alpha value is -0.420. The number of hydrazine groups is 1. The molecule has 3 spiro atoms. The molecule has 5 saturated carbocycles. The molecule has 0 aromatic rings. The van der Waals surface area contributed by atoms with E-state index in [1.807, 2.05) is 0 Å². The van der Waals surface area contributed by atoms with Crippen molar-refractivity contribution in [1.82, 2.24) is 10.4 Å². The van der Waals surface area contributed by atoms with Gasteiger partial charge in [0.15, 0.2) is 0 Å². The van der Waals surface area contributed by atoms with Crippen molar-refractivity contribution in [3.8, 4) is 0 Å². The fourth-order valence-electron chi connectivity index (χ4n) is 12.0. The second-order valence-electron chi connectivity index (χ2n) is 14.2. The van der Waals surface area contributed by atoms with Crippen molar-refractivity contribution in [2.24, 2.45) is 45.8 Å². The van der Waals surface area contributed by atoms with Gasteiger partial charge in [-0.2, -0.15) is 0 Å². The fourth-order valence-corrected chi connectivity index (χ4v) is 12.0. The van der Waals surface area contributed by atoms with Crippen LogP contribution >= 0.6 is 0 Å². The van der Waals surface area contributed by atoms with E-state index in [9.17, 15) is 5.11 Å². The molecule has 3 heterocycles. The van der Waals surface area contributed by atoms with Crippen molar-refractivity contribution >= 4 is 0 Å². The SMILES string of the molecule is C[C@H]1C[C@H]2O[C@]3(CCC45CC3(C)C4C[C@H]3[C@H]5CC=C4C[C@@H](O)CC[C@@]43C)[C@H](C)[C@@]23NN3C1. The first-order chi connectivity index (χ1) is 15.2. The number of allylic oxidation sites excluding steroid dienone is 1. The Morgan fingerprint density at radius 2 is 1.97 bits per heavy atom. The van der Waals surface area contributed by atoms with Crippen molar-refractivity contribution in [2.75, 3.05) is 6.54 Å². The third-order valence-electron chi connectivity index (χ3n) is 13.4. The summed E-state index contributed by atoms with van der Waals surface area (Å²) < 4.78 is 7.33. The molecule has 0 aromatic carbocycles. The van der Waals surface area contributed by atoms with Crippen LogP contribution in [0.2, 0.25) is 0 Å². The molecule has 0 aromatic heterocycles. The summed E-state index contributed by atoms with van der Waals surface area (Å²) in [6.07, 6.45) is 14.0. The minimum absolute atomic E-state index is 0.0588. The Kier molecular flexibility index (Phi) is 3.43. The molecule has 4 nitrogen and oxygen atoms in total. The maximum absolute atomic E-state index is 10.4. The van der Waals surface area contributed by atoms with E-state index in [0.29, 0.717) is 28.3 Å². The van der Waals surface area contributed by atoms with E-state index in [1.54, 1.807) is 5.57 Å². The number of fused-ring (bicyclic) bond motifs is 4. The number of ether oxygens (including phenoxy) is 1. The van der Waals surface area contributed by atoms with Crippen LogP contribution in [0.25, 0.3) is 0 Å². The van der Waals surface area contributed by atoms with Gasteiger partial charge >= 0.3 is 0 Å². The monoisotopic (exact) mass is 438 g/mol. The van der Waals surface area contributed by atoms with Crippen LogP contribution < -0.4 is 5.43 Å². The molecule has 3 aliphatic heterocycles. The van der Waals surface area contributed by atoms with Crippen LogP contribution in [0, 0.1) is 45.8 Å². The number of aliphatic hydroxyl groups is 1. The summed E-state index contributed by atoms with van der Waals surface area (Å²) in [4.78, 5) is 0. The quantitative estimate of drug-likeness (QED) is 0.427. The van der Waals surface area contributed by atoms with Gasteiger partial charge in [-0.1, -0.05) is 39.3 Å². The maximum Gasteiger partial charge on any atom is 0.129 e. The minimum Gasteiger partial charge on any atom is -0.393 e. The number of nitrogens with zero attached hydrogens (tertiary/aromatic N) is 1. The summed E-state index contributed by atoms with van der Waals surface area (Å²) in [6.45, 7) is 11.3. The van der Waals surface area contributed by atoms with Gasteiger partial charge in [-0.05, 0) is 92.3 Å². The number of aliphatic hydroxyl groups excluding tert-OH is 1. The molecule has 0 radical (unpaired) electrons. The van der Waals surface area contributed by atoms with Gasteiger partial charge in [0.1, 0.15) is 5.66 Å². The average molecular weight is 439 g/mol. The highest BCUT2D eigenvalue weighted by atomic mass is 16.5. The molecule has 4 heteroatoms. The van der Waals surface area contributed by atoms with E-state index < -0.39 is 0 Å². The molecule has 9 rings (SSSR count). The molecular formula is C28H42N2O2. The predicted octanol–water partition coefficient (Wildman–Crippen LogP) is 4.64. The van der Waals surface area contributed by atoms with Gasteiger partial charge in [-0.3, -0.25) is 0 Å². The molecule has 2 N–H and O–H groups in total. The Balaban J connectivity index is 1.16. The summed E-state index contributed by atoms with van der Waals surface area (Å²) in [5, 5.41) is 12.9. The van der Waals surface area contributed by atoms with Crippen LogP contribution in [-0.4, -0.2) is 40.1 Å². The molecule has 13 atom stereocenters. The summed E-state index contributed by atoms with van der Waals surface area (Å²) in [5.74, 6) is 3.83. The van der Waals surface area contributed by atoms with E-state index >= 15 is 0 Å². The van der Waals surface area contributed by atoms with Crippen molar-refractivity contribution in [2.45, 2.75) is 109 Å². The Morgan fingerprint density at radius 1 is 1.12 bits per heavy atom. The first kappa shape index (κ1) is 19.8. The highest BCUT2D eigenvalue weighted by Crippen LogP contribution is 2.85. The largest absolute Gasteiger partial charge is 0.393 e. The first-order valence-electron chi connectivity index (χ1n) is 13.8. The lowest BCUT2D eigenvalue weighted by Crippen LogP contribution is -2.71. The molecule has 0 amide bonds. The molecule has 32 heavy (non-hydrogen) atoms. The van der Waals surface area contributed by atoms with E-state index in [0.717, 1.165) is 36.5 Å². The molecule has 176 valence electrons. The molecule has 2 bridgehead atoms. The zero-order chi connectivity index (χ0) is 21.9. The topological polar surface area (TPSA) is 54.4 Å². The Bertz CT molecular complexity index is 934. The number of hydrogen-bond donors (Lipinski definition) is 2. The second-order valence-corrected chi connectivity index (χ2v) is 14.2. The lowest BCUT2D eigenvalue weighted by molar-refractivity contribution is -0.294. The Morgan fingerprint density at radius 3 is 2.81 bits per heavy atom. The van der Waals surface area contributed by atoms with Gasteiger partial charge in [0, 0.05) is 17.9 Å². The van der Waals surface area contributed by atoms with E-state index in [2.05, 4.69) is 44.2 Å². The zero-order valence-corrected chi connectivity index (χ0v) is 20.5. The standard InChI is InChI=1S/C28H42N2O2/c1-16-11-23-28(29-30(28)14-16)17(2)27(32-23)10-9-26-15-25(27,4)22(26)13-21-20(26)6-5-18-12-19(31)7-8-24(18,21)3/h5,16-17,19-23,29,31H,6-15H2,1-4H3/t16-,17-,19-,20+,21-,22?,23+,24-,25?,26?,27+,28-,30?/m0/s1. The van der Waals surface area contributed by atoms with Gasteiger partial charge in [0.25, 0.3) is 0 Å². The minimum atomic E-state index is -0.103. The lowest BCUT2D eigenvalue weighted by Gasteiger charge is -2.73. The molecule has 9 aliphatic rings. The van der Waals surface area contributed by atoms with Gasteiger partial charge < -0.3 is 9.84 Å². The zero-order valence-electron chi connectivity index (χ0n) is 20.5.